The molecule has 42 heavy (non-hydrogen) atoms. The van der Waals surface area contributed by atoms with E-state index in [9.17, 15) is 4.79 Å². The van der Waals surface area contributed by atoms with Gasteiger partial charge in [-0.1, -0.05) is 53.6 Å². The van der Waals surface area contributed by atoms with Crippen molar-refractivity contribution in [1.82, 2.24) is 9.97 Å². The summed E-state index contributed by atoms with van der Waals surface area (Å²) in [6.07, 6.45) is 5.82. The molecule has 0 amide bonds. The molecule has 0 unspecified atom stereocenters. The Bertz CT molecular complexity index is 1390. The van der Waals surface area contributed by atoms with Crippen LogP contribution in [0.4, 0.5) is 0 Å². The third-order valence-corrected chi connectivity index (χ3v) is 7.64. The van der Waals surface area contributed by atoms with E-state index in [1.165, 1.54) is 40.6 Å². The van der Waals surface area contributed by atoms with Crippen LogP contribution in [0.3, 0.4) is 0 Å². The number of hydrogen-bond donors (Lipinski definition) is 1. The molecule has 0 spiro atoms. The van der Waals surface area contributed by atoms with Gasteiger partial charge in [0.05, 0.1) is 28.0 Å². The van der Waals surface area contributed by atoms with E-state index >= 15 is 0 Å². The van der Waals surface area contributed by atoms with E-state index in [2.05, 4.69) is 90.9 Å². The van der Waals surface area contributed by atoms with Crippen molar-refractivity contribution < 1.29 is 9.53 Å². The van der Waals surface area contributed by atoms with Crippen LogP contribution < -0.4 is 5.73 Å². The van der Waals surface area contributed by atoms with E-state index in [-0.39, 0.29) is 5.97 Å². The molecule has 0 bridgehead atoms. The Balaban J connectivity index is 0.000000248. The van der Waals surface area contributed by atoms with Crippen molar-refractivity contribution >= 4 is 28.6 Å². The predicted octanol–water partition coefficient (Wildman–Crippen LogP) is 7.40. The zero-order valence-electron chi connectivity index (χ0n) is 25.1. The lowest BCUT2D eigenvalue weighted by Crippen LogP contribution is -2.03. The summed E-state index contributed by atoms with van der Waals surface area (Å²) < 4.78 is 4.40. The maximum absolute atomic E-state index is 9.82. The van der Waals surface area contributed by atoms with E-state index in [4.69, 9.17) is 11.3 Å². The summed E-state index contributed by atoms with van der Waals surface area (Å²) in [5.41, 5.74) is 21.4. The second kappa shape index (κ2) is 20.3. The molecule has 10 heteroatoms. The molecule has 8 nitrogen and oxygen atoms in total. The number of aryl methyl sites for hydroxylation is 6. The standard InChI is InChI=1S/C14H16N4S.C14H18N2S.C4H8O2/c1-11-17-14(10-19-11)6-5-12-3-2-4-13(9-12)7-8-16-18-15;1-11-16-14(10-17-11)6-5-12-3-2-4-13(9-12)7-8-15;1-3-6-4(2)5/h2-4,9-10H,5-8H2,1H3;2-4,9-10H,5-8,15H2,1H3;3H2,1-2H3. The lowest BCUT2D eigenvalue weighted by molar-refractivity contribution is -0.140. The topological polar surface area (TPSA) is 127 Å². The molecular formula is C32H42N6O2S2. The van der Waals surface area contributed by atoms with Crippen molar-refractivity contribution in [2.75, 3.05) is 19.7 Å². The van der Waals surface area contributed by atoms with Crippen LogP contribution in [0.2, 0.25) is 0 Å². The second-order valence-corrected chi connectivity index (χ2v) is 11.6. The van der Waals surface area contributed by atoms with Gasteiger partial charge in [0.2, 0.25) is 0 Å². The minimum absolute atomic E-state index is 0.211. The Morgan fingerprint density at radius 2 is 1.33 bits per heavy atom. The van der Waals surface area contributed by atoms with Crippen molar-refractivity contribution in [3.8, 4) is 0 Å². The van der Waals surface area contributed by atoms with Gasteiger partial charge in [-0.15, -0.1) is 22.7 Å². The minimum Gasteiger partial charge on any atom is -0.466 e. The number of rotatable bonds is 12. The molecule has 0 fully saturated rings. The van der Waals surface area contributed by atoms with Gasteiger partial charge in [0.1, 0.15) is 0 Å². The number of nitrogens with zero attached hydrogens (tertiary/aromatic N) is 5. The van der Waals surface area contributed by atoms with Gasteiger partial charge in [0, 0.05) is 29.1 Å². The molecule has 0 aliphatic rings. The highest BCUT2D eigenvalue weighted by Crippen LogP contribution is 2.14. The van der Waals surface area contributed by atoms with Crippen LogP contribution in [0.25, 0.3) is 10.4 Å². The van der Waals surface area contributed by atoms with Crippen LogP contribution in [-0.4, -0.2) is 35.6 Å². The number of nitrogens with two attached hydrogens (primary N) is 1. The molecule has 2 aromatic carbocycles. The number of azide groups is 1. The van der Waals surface area contributed by atoms with Gasteiger partial charge in [0.25, 0.3) is 0 Å². The molecule has 2 N–H and O–H groups in total. The normalized spacial score (nSPS) is 10.0. The van der Waals surface area contributed by atoms with E-state index in [1.807, 2.05) is 6.92 Å². The van der Waals surface area contributed by atoms with Gasteiger partial charge in [-0.3, -0.25) is 4.79 Å². The summed E-state index contributed by atoms with van der Waals surface area (Å²) in [5, 5.41) is 10.1. The van der Waals surface area contributed by atoms with Gasteiger partial charge in [-0.2, -0.15) is 0 Å². The first-order valence-electron chi connectivity index (χ1n) is 14.1. The van der Waals surface area contributed by atoms with Gasteiger partial charge in [-0.25, -0.2) is 9.97 Å². The number of ether oxygens (including phenoxy) is 1. The molecule has 0 saturated carbocycles. The Labute approximate surface area is 257 Å². The smallest absolute Gasteiger partial charge is 0.302 e. The maximum Gasteiger partial charge on any atom is 0.302 e. The number of benzene rings is 2. The minimum atomic E-state index is -0.211. The zero-order chi connectivity index (χ0) is 30.6. The summed E-state index contributed by atoms with van der Waals surface area (Å²) in [7, 11) is 0. The molecule has 0 saturated heterocycles. The fourth-order valence-corrected chi connectivity index (χ4v) is 5.36. The molecule has 0 radical (unpaired) electrons. The first-order chi connectivity index (χ1) is 20.3. The first kappa shape index (κ1) is 34.6. The summed E-state index contributed by atoms with van der Waals surface area (Å²) in [4.78, 5) is 21.5. The lowest BCUT2D eigenvalue weighted by atomic mass is 10.0. The van der Waals surface area contributed by atoms with Crippen molar-refractivity contribution in [2.24, 2.45) is 10.8 Å². The van der Waals surface area contributed by atoms with Crippen LogP contribution in [0, 0.1) is 13.8 Å². The zero-order valence-corrected chi connectivity index (χ0v) is 26.7. The predicted molar refractivity (Wildman–Crippen MR) is 174 cm³/mol. The number of hydrogen-bond acceptors (Lipinski definition) is 8. The molecular weight excluding hydrogens is 565 g/mol. The highest BCUT2D eigenvalue weighted by Gasteiger charge is 2.02. The van der Waals surface area contributed by atoms with Crippen LogP contribution in [-0.2, 0) is 48.1 Å². The summed E-state index contributed by atoms with van der Waals surface area (Å²) >= 11 is 3.42. The van der Waals surface area contributed by atoms with E-state index in [0.717, 1.165) is 48.5 Å². The average Bonchev–Trinajstić information content (AvgIpc) is 3.59. The molecule has 2 aromatic heterocycles. The van der Waals surface area contributed by atoms with E-state index in [1.54, 1.807) is 29.6 Å². The molecule has 0 aliphatic heterocycles. The molecule has 2 heterocycles. The maximum atomic E-state index is 9.82. The first-order valence-corrected chi connectivity index (χ1v) is 15.9. The van der Waals surface area contributed by atoms with Crippen molar-refractivity contribution in [3.05, 3.63) is 113 Å². The fraction of sp³-hybridized carbons (Fsp3) is 0.406. The van der Waals surface area contributed by atoms with Crippen LogP contribution in [0.1, 0.15) is 57.5 Å². The van der Waals surface area contributed by atoms with Crippen LogP contribution >= 0.6 is 22.7 Å². The quantitative estimate of drug-likeness (QED) is 0.0778. The summed E-state index contributed by atoms with van der Waals surface area (Å²) in [6.45, 7) is 8.97. The Morgan fingerprint density at radius 1 is 0.857 bits per heavy atom. The van der Waals surface area contributed by atoms with E-state index in [0.29, 0.717) is 19.7 Å². The number of esters is 1. The number of carbonyl (C=O) groups excluding carboxylic acids is 1. The summed E-state index contributed by atoms with van der Waals surface area (Å²) in [6, 6.07) is 17.2. The third kappa shape index (κ3) is 14.9. The van der Waals surface area contributed by atoms with Crippen molar-refractivity contribution in [1.29, 1.82) is 0 Å². The average molecular weight is 607 g/mol. The largest absolute Gasteiger partial charge is 0.466 e. The van der Waals surface area contributed by atoms with Gasteiger partial charge in [0.15, 0.2) is 0 Å². The Morgan fingerprint density at radius 3 is 1.69 bits per heavy atom. The summed E-state index contributed by atoms with van der Waals surface area (Å²) in [5.74, 6) is -0.211. The molecule has 0 aliphatic carbocycles. The number of aromatic nitrogens is 2. The second-order valence-electron chi connectivity index (χ2n) is 9.52. The van der Waals surface area contributed by atoms with E-state index < -0.39 is 0 Å². The van der Waals surface area contributed by atoms with Crippen molar-refractivity contribution in [3.63, 3.8) is 0 Å². The molecule has 4 rings (SSSR count). The van der Waals surface area contributed by atoms with Crippen molar-refractivity contribution in [2.45, 2.75) is 66.2 Å². The number of carbonyl (C=O) groups is 1. The molecule has 0 atom stereocenters. The van der Waals surface area contributed by atoms with Gasteiger partial charge >= 0.3 is 5.97 Å². The molecule has 4 aromatic rings. The third-order valence-electron chi connectivity index (χ3n) is 6.00. The Kier molecular flexibility index (Phi) is 16.8. The highest BCUT2D eigenvalue weighted by atomic mass is 32.1. The Hall–Kier alpha value is -3.56. The van der Waals surface area contributed by atoms with Crippen LogP contribution in [0.15, 0.2) is 64.4 Å². The fourth-order valence-electron chi connectivity index (χ4n) is 4.07. The number of thiazole rings is 2. The van der Waals surface area contributed by atoms with Gasteiger partial charge in [-0.05, 0) is 93.6 Å². The SMILES string of the molecule is CCOC(C)=O.Cc1nc(CCc2cccc(CCN)c2)cs1.Cc1nc(CCc2cccc(CCN=[N+]=[N-])c2)cs1. The van der Waals surface area contributed by atoms with Crippen LogP contribution in [0.5, 0.6) is 0 Å². The lowest BCUT2D eigenvalue weighted by Gasteiger charge is -2.03. The van der Waals surface area contributed by atoms with Gasteiger partial charge < -0.3 is 10.5 Å². The highest BCUT2D eigenvalue weighted by molar-refractivity contribution is 7.09. The monoisotopic (exact) mass is 606 g/mol. The molecule has 224 valence electrons.